The molecule has 1 amide bonds. The summed E-state index contributed by atoms with van der Waals surface area (Å²) in [6.45, 7) is 3.26. The number of hydrogen-bond donors (Lipinski definition) is 1. The van der Waals surface area contributed by atoms with E-state index in [1.54, 1.807) is 0 Å². The van der Waals surface area contributed by atoms with Crippen molar-refractivity contribution in [3.8, 4) is 5.75 Å². The molecule has 9 heteroatoms. The smallest absolute Gasteiger partial charge is 0.406 e. The molecule has 0 saturated carbocycles. The first-order chi connectivity index (χ1) is 13.3. The number of carbonyl (C=O) groups is 1. The van der Waals surface area contributed by atoms with Crippen molar-refractivity contribution in [1.82, 2.24) is 9.47 Å². The number of hydrogen-bond acceptors (Lipinski definition) is 4. The van der Waals surface area contributed by atoms with Crippen LogP contribution in [0.15, 0.2) is 47.4 Å². The van der Waals surface area contributed by atoms with Gasteiger partial charge in [-0.2, -0.15) is 0 Å². The van der Waals surface area contributed by atoms with Crippen molar-refractivity contribution >= 4 is 11.6 Å². The number of pyridine rings is 1. The van der Waals surface area contributed by atoms with E-state index in [4.69, 9.17) is 0 Å². The predicted octanol–water partition coefficient (Wildman–Crippen LogP) is 3.10. The number of anilines is 1. The molecule has 1 aromatic heterocycles. The fourth-order valence-electron chi connectivity index (χ4n) is 3.04. The van der Waals surface area contributed by atoms with Crippen LogP contribution in [0.4, 0.5) is 18.9 Å². The van der Waals surface area contributed by atoms with Crippen molar-refractivity contribution in [3.05, 3.63) is 58.5 Å². The summed E-state index contributed by atoms with van der Waals surface area (Å²) < 4.78 is 41.8. The van der Waals surface area contributed by atoms with Gasteiger partial charge < -0.3 is 19.5 Å². The first-order valence-corrected chi connectivity index (χ1v) is 8.90. The summed E-state index contributed by atoms with van der Waals surface area (Å²) in [5, 5.41) is 2.59. The van der Waals surface area contributed by atoms with Crippen LogP contribution in [0, 0.1) is 0 Å². The van der Waals surface area contributed by atoms with E-state index in [9.17, 15) is 22.8 Å². The molecule has 1 aliphatic rings. The fourth-order valence-corrected chi connectivity index (χ4v) is 3.04. The van der Waals surface area contributed by atoms with Crippen LogP contribution in [-0.2, 0) is 6.54 Å². The Kier molecular flexibility index (Phi) is 6.03. The molecule has 0 spiro atoms. The average Bonchev–Trinajstić information content (AvgIpc) is 3.15. The number of aromatic nitrogens is 1. The lowest BCUT2D eigenvalue weighted by atomic mass is 10.2. The number of alkyl halides is 3. The minimum atomic E-state index is -4.77. The maximum absolute atomic E-state index is 12.4. The zero-order valence-corrected chi connectivity index (χ0v) is 15.0. The Balaban J connectivity index is 1.63. The molecule has 1 aromatic carbocycles. The number of carbonyl (C=O) groups excluding carboxylic acids is 1. The molecule has 1 saturated heterocycles. The number of likely N-dealkylation sites (tertiary alicyclic amines) is 1. The number of amides is 1. The molecule has 6 nitrogen and oxygen atoms in total. The zero-order valence-electron chi connectivity index (χ0n) is 15.0. The lowest BCUT2D eigenvalue weighted by molar-refractivity contribution is -0.274. The number of benzene rings is 1. The maximum atomic E-state index is 12.4. The van der Waals surface area contributed by atoms with Crippen LogP contribution < -0.4 is 15.6 Å². The Bertz CT molecular complexity index is 872. The van der Waals surface area contributed by atoms with Gasteiger partial charge in [0.1, 0.15) is 5.75 Å². The Morgan fingerprint density at radius 1 is 1.04 bits per heavy atom. The van der Waals surface area contributed by atoms with E-state index >= 15 is 0 Å². The Hall–Kier alpha value is -2.81. The highest BCUT2D eigenvalue weighted by Gasteiger charge is 2.31. The van der Waals surface area contributed by atoms with Gasteiger partial charge in [-0.3, -0.25) is 9.59 Å². The highest BCUT2D eigenvalue weighted by atomic mass is 19.4. The summed E-state index contributed by atoms with van der Waals surface area (Å²) in [5.74, 6) is -0.833. The maximum Gasteiger partial charge on any atom is 0.573 e. The van der Waals surface area contributed by atoms with E-state index in [0.29, 0.717) is 12.2 Å². The quantitative estimate of drug-likeness (QED) is 0.817. The number of rotatable bonds is 6. The van der Waals surface area contributed by atoms with Crippen LogP contribution in [0.1, 0.15) is 23.2 Å². The predicted molar refractivity (Wildman–Crippen MR) is 97.5 cm³/mol. The van der Waals surface area contributed by atoms with Crippen molar-refractivity contribution in [2.24, 2.45) is 0 Å². The topological polar surface area (TPSA) is 63.6 Å². The SMILES string of the molecule is O=C(Nc1ccc(OC(F)(F)F)cc1)c1ccc(=O)n(CCN2CCCC2)c1. The monoisotopic (exact) mass is 395 g/mol. The third kappa shape index (κ3) is 5.59. The van der Waals surface area contributed by atoms with Crippen LogP contribution in [0.5, 0.6) is 5.75 Å². The molecular weight excluding hydrogens is 375 g/mol. The van der Waals surface area contributed by atoms with Gasteiger partial charge in [0, 0.05) is 31.0 Å². The molecule has 1 aliphatic heterocycles. The Morgan fingerprint density at radius 3 is 2.36 bits per heavy atom. The van der Waals surface area contributed by atoms with Gasteiger partial charge in [0.15, 0.2) is 0 Å². The number of nitrogens with zero attached hydrogens (tertiary/aromatic N) is 2. The van der Waals surface area contributed by atoms with Crippen molar-refractivity contribution in [1.29, 1.82) is 0 Å². The lowest BCUT2D eigenvalue weighted by Crippen LogP contribution is -2.29. The molecule has 3 rings (SSSR count). The molecule has 2 heterocycles. The van der Waals surface area contributed by atoms with E-state index in [-0.39, 0.29) is 16.9 Å². The van der Waals surface area contributed by atoms with Gasteiger partial charge >= 0.3 is 6.36 Å². The Labute approximate surface area is 159 Å². The third-order valence-electron chi connectivity index (χ3n) is 4.45. The number of ether oxygens (including phenoxy) is 1. The van der Waals surface area contributed by atoms with Crippen molar-refractivity contribution in [3.63, 3.8) is 0 Å². The van der Waals surface area contributed by atoms with Gasteiger partial charge in [0.2, 0.25) is 0 Å². The van der Waals surface area contributed by atoms with Crippen LogP contribution in [-0.4, -0.2) is 41.4 Å². The summed E-state index contributed by atoms with van der Waals surface area (Å²) in [7, 11) is 0. The molecule has 0 bridgehead atoms. The van der Waals surface area contributed by atoms with Crippen molar-refractivity contribution < 1.29 is 22.7 Å². The van der Waals surface area contributed by atoms with E-state index in [0.717, 1.165) is 44.6 Å². The second-order valence-electron chi connectivity index (χ2n) is 6.52. The van der Waals surface area contributed by atoms with E-state index < -0.39 is 12.3 Å². The molecule has 28 heavy (non-hydrogen) atoms. The molecule has 150 valence electrons. The first kappa shape index (κ1) is 19.9. The van der Waals surface area contributed by atoms with Gasteiger partial charge in [0.05, 0.1) is 5.56 Å². The highest BCUT2D eigenvalue weighted by molar-refractivity contribution is 6.04. The van der Waals surface area contributed by atoms with Gasteiger partial charge in [-0.15, -0.1) is 13.2 Å². The summed E-state index contributed by atoms with van der Waals surface area (Å²) in [6.07, 6.45) is -0.962. The summed E-state index contributed by atoms with van der Waals surface area (Å²) >= 11 is 0. The summed E-state index contributed by atoms with van der Waals surface area (Å²) in [4.78, 5) is 26.7. The summed E-state index contributed by atoms with van der Waals surface area (Å²) in [6, 6.07) is 7.59. The van der Waals surface area contributed by atoms with Crippen LogP contribution in [0.2, 0.25) is 0 Å². The van der Waals surface area contributed by atoms with Gasteiger partial charge in [0.25, 0.3) is 11.5 Å². The van der Waals surface area contributed by atoms with E-state index in [1.165, 1.54) is 35.0 Å². The van der Waals surface area contributed by atoms with Gasteiger partial charge in [-0.25, -0.2) is 0 Å². The number of nitrogens with one attached hydrogen (secondary N) is 1. The molecule has 0 unspecified atom stereocenters. The molecule has 2 aromatic rings. The largest absolute Gasteiger partial charge is 0.573 e. The Morgan fingerprint density at radius 2 is 1.71 bits per heavy atom. The van der Waals surface area contributed by atoms with E-state index in [1.807, 2.05) is 0 Å². The zero-order chi connectivity index (χ0) is 20.1. The number of halogens is 3. The van der Waals surface area contributed by atoms with Crippen LogP contribution in [0.3, 0.4) is 0 Å². The normalized spacial score (nSPS) is 14.8. The van der Waals surface area contributed by atoms with Crippen LogP contribution >= 0.6 is 0 Å². The second kappa shape index (κ2) is 8.47. The average molecular weight is 395 g/mol. The van der Waals surface area contributed by atoms with Crippen LogP contribution in [0.25, 0.3) is 0 Å². The van der Waals surface area contributed by atoms with Crippen molar-refractivity contribution in [2.45, 2.75) is 25.7 Å². The first-order valence-electron chi connectivity index (χ1n) is 8.90. The molecule has 0 aliphatic carbocycles. The van der Waals surface area contributed by atoms with Gasteiger partial charge in [-0.05, 0) is 56.3 Å². The van der Waals surface area contributed by atoms with E-state index in [2.05, 4.69) is 15.0 Å². The standard InChI is InChI=1S/C19H20F3N3O3/c20-19(21,22)28-16-6-4-15(5-7-16)23-18(27)14-3-8-17(26)25(13-14)12-11-24-9-1-2-10-24/h3-8,13H,1-2,9-12H2,(H,23,27). The second-order valence-corrected chi connectivity index (χ2v) is 6.52. The summed E-state index contributed by atoms with van der Waals surface area (Å²) in [5.41, 5.74) is 0.412. The minimum absolute atomic E-state index is 0.190. The molecule has 1 N–H and O–H groups in total. The molecule has 1 fully saturated rings. The lowest BCUT2D eigenvalue weighted by Gasteiger charge is -2.15. The molecule has 0 atom stereocenters. The molecule has 0 radical (unpaired) electrons. The third-order valence-corrected chi connectivity index (χ3v) is 4.45. The fraction of sp³-hybridized carbons (Fsp3) is 0.368. The van der Waals surface area contributed by atoms with Crippen molar-refractivity contribution in [2.75, 3.05) is 25.0 Å². The molecular formula is C19H20F3N3O3. The van der Waals surface area contributed by atoms with Gasteiger partial charge in [-0.1, -0.05) is 0 Å². The highest BCUT2D eigenvalue weighted by Crippen LogP contribution is 2.24. The minimum Gasteiger partial charge on any atom is -0.406 e.